The second-order valence-electron chi connectivity index (χ2n) is 10.5. The van der Waals surface area contributed by atoms with Gasteiger partial charge in [-0.15, -0.1) is 0 Å². The molecule has 0 bridgehead atoms. The summed E-state index contributed by atoms with van der Waals surface area (Å²) in [6.07, 6.45) is 5.26. The molecule has 7 rings (SSSR count). The molecule has 1 N–H and O–H groups in total. The molecule has 1 atom stereocenters. The van der Waals surface area contributed by atoms with Crippen molar-refractivity contribution in [3.8, 4) is 28.9 Å². The van der Waals surface area contributed by atoms with Crippen molar-refractivity contribution in [3.63, 3.8) is 0 Å². The lowest BCUT2D eigenvalue weighted by Crippen LogP contribution is -2.56. The van der Waals surface area contributed by atoms with Crippen LogP contribution < -0.4 is 29.2 Å². The Bertz CT molecular complexity index is 1700. The molecule has 13 nitrogen and oxygen atoms in total. The van der Waals surface area contributed by atoms with E-state index in [0.29, 0.717) is 60.9 Å². The van der Waals surface area contributed by atoms with E-state index in [4.69, 9.17) is 35.5 Å². The minimum Gasteiger partial charge on any atom is -0.454 e. The molecule has 1 unspecified atom stereocenters. The van der Waals surface area contributed by atoms with Crippen LogP contribution in [-0.2, 0) is 22.6 Å². The van der Waals surface area contributed by atoms with E-state index in [2.05, 4.69) is 15.3 Å². The van der Waals surface area contributed by atoms with E-state index in [-0.39, 0.29) is 49.4 Å². The van der Waals surface area contributed by atoms with E-state index >= 15 is 0 Å². The van der Waals surface area contributed by atoms with E-state index in [1.54, 1.807) is 34.3 Å². The molecule has 44 heavy (non-hydrogen) atoms. The molecule has 0 radical (unpaired) electrons. The van der Waals surface area contributed by atoms with Crippen LogP contribution in [0.5, 0.6) is 23.0 Å². The highest BCUT2D eigenvalue weighted by Gasteiger charge is 2.33. The van der Waals surface area contributed by atoms with Crippen LogP contribution in [0.2, 0.25) is 5.15 Å². The van der Waals surface area contributed by atoms with Crippen LogP contribution in [0.3, 0.4) is 0 Å². The van der Waals surface area contributed by atoms with Crippen LogP contribution >= 0.6 is 11.6 Å². The number of nitrogens with one attached hydrogen (secondary N) is 1. The van der Waals surface area contributed by atoms with Gasteiger partial charge < -0.3 is 34.1 Å². The standard InChI is InChI=1S/C30H28ClN7O6/c31-26-13-27(35-30(34-26)37-6-5-32-16-37)38-8-7-36(29(40)11-19-1-3-22-24(9-19)43-17-41-22)15-21(38)12-28(39)33-14-20-2-4-23-25(10-20)44-18-42-23/h1-6,9-10,13,16,21H,7-8,11-12,14-15,17-18H2,(H,33,39). The molecular formula is C30H28ClN7O6. The van der Waals surface area contributed by atoms with E-state index in [0.717, 1.165) is 11.1 Å². The Morgan fingerprint density at radius 1 is 0.909 bits per heavy atom. The fourth-order valence-electron chi connectivity index (χ4n) is 5.47. The number of carbonyl (C=O) groups is 2. The number of nitrogens with zero attached hydrogens (tertiary/aromatic N) is 6. The minimum atomic E-state index is -0.372. The second kappa shape index (κ2) is 11.9. The van der Waals surface area contributed by atoms with Crippen LogP contribution in [0.1, 0.15) is 17.5 Å². The molecule has 1 fully saturated rings. The first-order chi connectivity index (χ1) is 21.5. The molecule has 4 aromatic rings. The lowest BCUT2D eigenvalue weighted by Gasteiger charge is -2.42. The van der Waals surface area contributed by atoms with Crippen molar-refractivity contribution in [2.75, 3.05) is 38.1 Å². The lowest BCUT2D eigenvalue weighted by atomic mass is 10.1. The van der Waals surface area contributed by atoms with Gasteiger partial charge in [0, 0.05) is 51.1 Å². The lowest BCUT2D eigenvalue weighted by molar-refractivity contribution is -0.132. The van der Waals surface area contributed by atoms with Gasteiger partial charge in [-0.1, -0.05) is 23.7 Å². The van der Waals surface area contributed by atoms with E-state index in [9.17, 15) is 9.59 Å². The molecule has 2 amide bonds. The summed E-state index contributed by atoms with van der Waals surface area (Å²) in [5.74, 6) is 3.34. The Morgan fingerprint density at radius 2 is 1.64 bits per heavy atom. The van der Waals surface area contributed by atoms with Crippen LogP contribution in [0.25, 0.3) is 5.95 Å². The average Bonchev–Trinajstić information content (AvgIpc) is 3.81. The number of fused-ring (bicyclic) bond motifs is 2. The molecule has 0 saturated carbocycles. The monoisotopic (exact) mass is 617 g/mol. The van der Waals surface area contributed by atoms with Gasteiger partial charge >= 0.3 is 0 Å². The van der Waals surface area contributed by atoms with Crippen LogP contribution in [0.15, 0.2) is 61.2 Å². The molecular weight excluding hydrogens is 590 g/mol. The number of amides is 2. The van der Waals surface area contributed by atoms with Crippen molar-refractivity contribution in [3.05, 3.63) is 77.5 Å². The average molecular weight is 618 g/mol. The van der Waals surface area contributed by atoms with Gasteiger partial charge in [0.15, 0.2) is 23.0 Å². The molecule has 1 saturated heterocycles. The second-order valence-corrected chi connectivity index (χ2v) is 10.9. The van der Waals surface area contributed by atoms with Crippen molar-refractivity contribution >= 4 is 29.2 Å². The largest absolute Gasteiger partial charge is 0.454 e. The van der Waals surface area contributed by atoms with Crippen molar-refractivity contribution in [2.24, 2.45) is 0 Å². The first-order valence-corrected chi connectivity index (χ1v) is 14.5. The van der Waals surface area contributed by atoms with Crippen molar-refractivity contribution in [1.29, 1.82) is 0 Å². The third-order valence-corrected chi connectivity index (χ3v) is 7.87. The van der Waals surface area contributed by atoms with Crippen molar-refractivity contribution < 1.29 is 28.5 Å². The maximum absolute atomic E-state index is 13.5. The summed E-state index contributed by atoms with van der Waals surface area (Å²) in [6, 6.07) is 12.4. The summed E-state index contributed by atoms with van der Waals surface area (Å²) in [5.41, 5.74) is 1.71. The normalized spacial score (nSPS) is 16.7. The molecule has 2 aromatic heterocycles. The first kappa shape index (κ1) is 27.8. The number of imidazole rings is 1. The Labute approximate surface area is 257 Å². The molecule has 5 heterocycles. The third kappa shape index (κ3) is 5.91. The zero-order chi connectivity index (χ0) is 30.0. The summed E-state index contributed by atoms with van der Waals surface area (Å²) < 4.78 is 23.4. The third-order valence-electron chi connectivity index (χ3n) is 7.67. The number of anilines is 1. The zero-order valence-corrected chi connectivity index (χ0v) is 24.3. The van der Waals surface area contributed by atoms with Gasteiger partial charge in [-0.3, -0.25) is 14.2 Å². The first-order valence-electron chi connectivity index (χ1n) is 14.1. The summed E-state index contributed by atoms with van der Waals surface area (Å²) in [6.45, 7) is 1.89. The van der Waals surface area contributed by atoms with E-state index in [1.165, 1.54) is 0 Å². The molecule has 3 aliphatic heterocycles. The predicted octanol–water partition coefficient (Wildman–Crippen LogP) is 2.74. The number of rotatable bonds is 8. The maximum atomic E-state index is 13.5. The molecule has 2 aromatic carbocycles. The number of benzene rings is 2. The van der Waals surface area contributed by atoms with Crippen LogP contribution in [-0.4, -0.2) is 75.5 Å². The number of halogens is 1. The Morgan fingerprint density at radius 3 is 2.39 bits per heavy atom. The van der Waals surface area contributed by atoms with Gasteiger partial charge in [0.1, 0.15) is 17.3 Å². The Hall–Kier alpha value is -5.04. The SMILES string of the molecule is O=C(CC1CN(C(=O)Cc2ccc3c(c2)OCO3)CCN1c1cc(Cl)nc(-n2ccnc2)n1)NCc1ccc2c(c1)OCO2. The zero-order valence-electron chi connectivity index (χ0n) is 23.5. The fourth-order valence-corrected chi connectivity index (χ4v) is 5.64. The Kier molecular flexibility index (Phi) is 7.52. The number of ether oxygens (including phenoxy) is 4. The van der Waals surface area contributed by atoms with Gasteiger partial charge in [0.25, 0.3) is 0 Å². The molecule has 3 aliphatic rings. The Balaban J connectivity index is 1.08. The number of carbonyl (C=O) groups excluding carboxylic acids is 2. The smallest absolute Gasteiger partial charge is 0.238 e. The number of hydrogen-bond acceptors (Lipinski definition) is 10. The molecule has 0 spiro atoms. The summed E-state index contributed by atoms with van der Waals surface area (Å²) >= 11 is 6.41. The summed E-state index contributed by atoms with van der Waals surface area (Å²) in [5, 5.41) is 3.26. The highest BCUT2D eigenvalue weighted by Crippen LogP contribution is 2.34. The number of piperazine rings is 1. The highest BCUT2D eigenvalue weighted by molar-refractivity contribution is 6.29. The number of hydrogen-bond donors (Lipinski definition) is 1. The highest BCUT2D eigenvalue weighted by atomic mass is 35.5. The van der Waals surface area contributed by atoms with E-state index < -0.39 is 0 Å². The van der Waals surface area contributed by atoms with E-state index in [1.807, 2.05) is 41.3 Å². The van der Waals surface area contributed by atoms with Gasteiger partial charge in [-0.05, 0) is 35.4 Å². The maximum Gasteiger partial charge on any atom is 0.238 e. The van der Waals surface area contributed by atoms with Gasteiger partial charge in [0.2, 0.25) is 31.3 Å². The van der Waals surface area contributed by atoms with Gasteiger partial charge in [-0.2, -0.15) is 4.98 Å². The quantitative estimate of drug-likeness (QED) is 0.294. The van der Waals surface area contributed by atoms with Crippen molar-refractivity contribution in [1.82, 2.24) is 29.7 Å². The minimum absolute atomic E-state index is 0.0471. The molecule has 0 aliphatic carbocycles. The topological polar surface area (TPSA) is 133 Å². The molecule has 14 heteroatoms. The van der Waals surface area contributed by atoms with Crippen molar-refractivity contribution in [2.45, 2.75) is 25.4 Å². The summed E-state index contributed by atoms with van der Waals surface area (Å²) in [7, 11) is 0. The molecule has 226 valence electrons. The number of aromatic nitrogens is 4. The van der Waals surface area contributed by atoms with Crippen LogP contribution in [0, 0.1) is 0 Å². The fraction of sp³-hybridized carbons (Fsp3) is 0.300. The van der Waals surface area contributed by atoms with Crippen LogP contribution in [0.4, 0.5) is 5.82 Å². The predicted molar refractivity (Wildman–Crippen MR) is 157 cm³/mol. The van der Waals surface area contributed by atoms with Gasteiger partial charge in [0.05, 0.1) is 12.5 Å². The summed E-state index contributed by atoms with van der Waals surface area (Å²) in [4.78, 5) is 43.7. The van der Waals surface area contributed by atoms with Gasteiger partial charge in [-0.25, -0.2) is 9.97 Å².